The molecule has 0 aliphatic heterocycles. The zero-order valence-corrected chi connectivity index (χ0v) is 11.5. The third kappa shape index (κ3) is 4.19. The average Bonchev–Trinajstić information content (AvgIpc) is 2.32. The van der Waals surface area contributed by atoms with E-state index in [1.165, 1.54) is 0 Å². The molecule has 1 rings (SSSR count). The van der Waals surface area contributed by atoms with Crippen LogP contribution in [-0.2, 0) is 11.3 Å². The van der Waals surface area contributed by atoms with Gasteiger partial charge in [-0.1, -0.05) is 17.7 Å². The molecule has 0 spiro atoms. The fraction of sp³-hybridized carbons (Fsp3) is 0.538. The van der Waals surface area contributed by atoms with Gasteiger partial charge in [-0.25, -0.2) is 0 Å². The maximum atomic E-state index is 6.22. The highest BCUT2D eigenvalue weighted by Gasteiger charge is 2.09. The number of hydrogen-bond donors (Lipinski definition) is 1. The highest BCUT2D eigenvalue weighted by atomic mass is 35.5. The Morgan fingerprint density at radius 3 is 2.82 bits per heavy atom. The summed E-state index contributed by atoms with van der Waals surface area (Å²) in [5.41, 5.74) is 2.29. The number of anilines is 1. The third-order valence-electron chi connectivity index (χ3n) is 2.63. The van der Waals surface area contributed by atoms with Crippen molar-refractivity contribution in [1.29, 1.82) is 0 Å². The van der Waals surface area contributed by atoms with Crippen molar-refractivity contribution >= 4 is 17.3 Å². The summed E-state index contributed by atoms with van der Waals surface area (Å²) in [6.07, 6.45) is 0. The van der Waals surface area contributed by atoms with E-state index < -0.39 is 0 Å². The Kier molecular flexibility index (Phi) is 6.34. The first-order chi connectivity index (χ1) is 8.20. The van der Waals surface area contributed by atoms with E-state index in [4.69, 9.17) is 16.3 Å². The van der Waals surface area contributed by atoms with Crippen molar-refractivity contribution in [2.45, 2.75) is 13.5 Å². The van der Waals surface area contributed by atoms with Gasteiger partial charge < -0.3 is 15.0 Å². The lowest BCUT2D eigenvalue weighted by Gasteiger charge is -2.23. The standard InChI is InChI=1S/C13H21ClN2O/c1-4-17-9-8-16(3)13-7-5-6-12(14)11(13)10-15-2/h5-7,15H,4,8-10H2,1-3H3. The van der Waals surface area contributed by atoms with Crippen molar-refractivity contribution in [2.24, 2.45) is 0 Å². The van der Waals surface area contributed by atoms with Gasteiger partial charge in [0.15, 0.2) is 0 Å². The maximum Gasteiger partial charge on any atom is 0.0641 e. The smallest absolute Gasteiger partial charge is 0.0641 e. The Balaban J connectivity index is 2.77. The molecular formula is C13H21ClN2O. The number of ether oxygens (including phenoxy) is 1. The lowest BCUT2D eigenvalue weighted by Crippen LogP contribution is -2.24. The Morgan fingerprint density at radius 1 is 1.41 bits per heavy atom. The highest BCUT2D eigenvalue weighted by Crippen LogP contribution is 2.26. The van der Waals surface area contributed by atoms with Crippen molar-refractivity contribution in [2.75, 3.05) is 38.8 Å². The molecule has 0 amide bonds. The number of nitrogens with zero attached hydrogens (tertiary/aromatic N) is 1. The normalized spacial score (nSPS) is 10.6. The van der Waals surface area contributed by atoms with E-state index in [1.807, 2.05) is 26.1 Å². The first kappa shape index (κ1) is 14.3. The monoisotopic (exact) mass is 256 g/mol. The second-order valence-electron chi connectivity index (χ2n) is 3.89. The van der Waals surface area contributed by atoms with Crippen LogP contribution in [-0.4, -0.2) is 33.9 Å². The van der Waals surface area contributed by atoms with Crippen LogP contribution in [0.3, 0.4) is 0 Å². The van der Waals surface area contributed by atoms with Crippen LogP contribution in [0.15, 0.2) is 18.2 Å². The predicted octanol–water partition coefficient (Wildman–Crippen LogP) is 2.53. The molecule has 1 N–H and O–H groups in total. The van der Waals surface area contributed by atoms with Gasteiger partial charge in [-0.3, -0.25) is 0 Å². The van der Waals surface area contributed by atoms with Crippen molar-refractivity contribution < 1.29 is 4.74 Å². The van der Waals surface area contributed by atoms with Crippen molar-refractivity contribution in [3.05, 3.63) is 28.8 Å². The molecule has 0 saturated heterocycles. The molecule has 0 heterocycles. The Hall–Kier alpha value is -0.770. The van der Waals surface area contributed by atoms with E-state index in [-0.39, 0.29) is 0 Å². The summed E-state index contributed by atoms with van der Waals surface area (Å²) in [4.78, 5) is 2.17. The Labute approximate surface area is 109 Å². The molecule has 0 fully saturated rings. The molecule has 0 atom stereocenters. The molecule has 1 aromatic carbocycles. The molecule has 96 valence electrons. The third-order valence-corrected chi connectivity index (χ3v) is 2.99. The van der Waals surface area contributed by atoms with Crippen molar-refractivity contribution in [3.8, 4) is 0 Å². The second-order valence-corrected chi connectivity index (χ2v) is 4.29. The van der Waals surface area contributed by atoms with Crippen LogP contribution in [0.1, 0.15) is 12.5 Å². The van der Waals surface area contributed by atoms with Gasteiger partial charge in [-0.2, -0.15) is 0 Å². The predicted molar refractivity (Wildman–Crippen MR) is 74.0 cm³/mol. The summed E-state index contributed by atoms with van der Waals surface area (Å²) in [6.45, 7) is 5.13. The van der Waals surface area contributed by atoms with Crippen LogP contribution in [0.2, 0.25) is 5.02 Å². The number of rotatable bonds is 7. The van der Waals surface area contributed by atoms with E-state index in [0.29, 0.717) is 0 Å². The molecule has 0 bridgehead atoms. The summed E-state index contributed by atoms with van der Waals surface area (Å²) in [7, 11) is 3.98. The Bertz CT molecular complexity index is 344. The summed E-state index contributed by atoms with van der Waals surface area (Å²) in [5.74, 6) is 0. The molecule has 0 aromatic heterocycles. The molecule has 17 heavy (non-hydrogen) atoms. The zero-order valence-electron chi connectivity index (χ0n) is 10.8. The average molecular weight is 257 g/mol. The van der Waals surface area contributed by atoms with Gasteiger partial charge in [-0.15, -0.1) is 0 Å². The topological polar surface area (TPSA) is 24.5 Å². The fourth-order valence-electron chi connectivity index (χ4n) is 1.72. The van der Waals surface area contributed by atoms with Gasteiger partial charge in [0.25, 0.3) is 0 Å². The van der Waals surface area contributed by atoms with Crippen molar-refractivity contribution in [3.63, 3.8) is 0 Å². The largest absolute Gasteiger partial charge is 0.380 e. The Morgan fingerprint density at radius 2 is 2.18 bits per heavy atom. The zero-order chi connectivity index (χ0) is 12.7. The van der Waals surface area contributed by atoms with E-state index in [1.54, 1.807) is 0 Å². The van der Waals surface area contributed by atoms with Gasteiger partial charge in [0.1, 0.15) is 0 Å². The maximum absolute atomic E-state index is 6.22. The highest BCUT2D eigenvalue weighted by molar-refractivity contribution is 6.31. The second kappa shape index (κ2) is 7.54. The van der Waals surface area contributed by atoms with Gasteiger partial charge in [-0.05, 0) is 26.1 Å². The number of halogens is 1. The lowest BCUT2D eigenvalue weighted by atomic mass is 10.1. The molecule has 0 aliphatic carbocycles. The van der Waals surface area contributed by atoms with Crippen molar-refractivity contribution in [1.82, 2.24) is 5.32 Å². The molecule has 0 saturated carbocycles. The minimum absolute atomic E-state index is 0.735. The van der Waals surface area contributed by atoms with E-state index in [0.717, 1.165) is 42.6 Å². The van der Waals surface area contributed by atoms with Crippen LogP contribution < -0.4 is 10.2 Å². The molecule has 4 heteroatoms. The van der Waals surface area contributed by atoms with Gasteiger partial charge >= 0.3 is 0 Å². The van der Waals surface area contributed by atoms with Crippen LogP contribution in [0.25, 0.3) is 0 Å². The molecule has 0 aliphatic rings. The molecule has 3 nitrogen and oxygen atoms in total. The molecule has 0 unspecified atom stereocenters. The SMILES string of the molecule is CCOCCN(C)c1cccc(Cl)c1CNC. The summed E-state index contributed by atoms with van der Waals surface area (Å²) in [5, 5.41) is 3.95. The summed E-state index contributed by atoms with van der Waals surface area (Å²) < 4.78 is 5.37. The molecular weight excluding hydrogens is 236 g/mol. The van der Waals surface area contributed by atoms with Crippen LogP contribution >= 0.6 is 11.6 Å². The summed E-state index contributed by atoms with van der Waals surface area (Å²) in [6, 6.07) is 5.99. The minimum Gasteiger partial charge on any atom is -0.380 e. The number of likely N-dealkylation sites (N-methyl/N-ethyl adjacent to an activating group) is 1. The molecule has 0 radical (unpaired) electrons. The first-order valence-corrected chi connectivity index (χ1v) is 6.29. The van der Waals surface area contributed by atoms with Crippen LogP contribution in [0, 0.1) is 0 Å². The molecule has 1 aromatic rings. The van der Waals surface area contributed by atoms with Gasteiger partial charge in [0.05, 0.1) is 6.61 Å². The lowest BCUT2D eigenvalue weighted by molar-refractivity contribution is 0.154. The number of hydrogen-bond acceptors (Lipinski definition) is 3. The van der Waals surface area contributed by atoms with E-state index in [9.17, 15) is 0 Å². The van der Waals surface area contributed by atoms with E-state index in [2.05, 4.69) is 23.3 Å². The number of benzene rings is 1. The summed E-state index contributed by atoms with van der Waals surface area (Å²) >= 11 is 6.22. The fourth-order valence-corrected chi connectivity index (χ4v) is 1.96. The number of nitrogens with one attached hydrogen (secondary N) is 1. The van der Waals surface area contributed by atoms with Gasteiger partial charge in [0.2, 0.25) is 0 Å². The van der Waals surface area contributed by atoms with Crippen LogP contribution in [0.4, 0.5) is 5.69 Å². The minimum atomic E-state index is 0.735. The van der Waals surface area contributed by atoms with Crippen LogP contribution in [0.5, 0.6) is 0 Å². The van der Waals surface area contributed by atoms with E-state index >= 15 is 0 Å². The quantitative estimate of drug-likeness (QED) is 0.759. The first-order valence-electron chi connectivity index (χ1n) is 5.91. The van der Waals surface area contributed by atoms with Gasteiger partial charge in [0, 0.05) is 43.0 Å².